The van der Waals surface area contributed by atoms with E-state index >= 15 is 0 Å². The average molecular weight is 228 g/mol. The summed E-state index contributed by atoms with van der Waals surface area (Å²) in [5.41, 5.74) is 1.24. The Morgan fingerprint density at radius 3 is 2.42 bits per heavy atom. The van der Waals surface area contributed by atoms with E-state index in [9.17, 15) is 5.11 Å². The van der Waals surface area contributed by atoms with Crippen LogP contribution in [0.2, 0.25) is 0 Å². The highest BCUT2D eigenvalue weighted by atomic mass is 79.9. The molecule has 0 aromatic heterocycles. The Balaban J connectivity index is 2.58. The lowest BCUT2D eigenvalue weighted by atomic mass is 10.0. The Kier molecular flexibility index (Phi) is 3.76. The first kappa shape index (κ1) is 9.75. The lowest BCUT2D eigenvalue weighted by Gasteiger charge is -2.05. The number of hydrogen-bond donors (Lipinski definition) is 0. The van der Waals surface area contributed by atoms with Crippen molar-refractivity contribution in [2.75, 3.05) is 6.61 Å². The molecule has 2 heteroatoms. The van der Waals surface area contributed by atoms with Gasteiger partial charge in [-0.3, -0.25) is 0 Å². The van der Waals surface area contributed by atoms with Gasteiger partial charge in [-0.15, -0.1) is 0 Å². The van der Waals surface area contributed by atoms with Gasteiger partial charge in [0.05, 0.1) is 6.61 Å². The summed E-state index contributed by atoms with van der Waals surface area (Å²) in [4.78, 5) is 0. The summed E-state index contributed by atoms with van der Waals surface area (Å²) in [5.74, 6) is 0.242. The molecule has 0 aliphatic rings. The minimum absolute atomic E-state index is 0.00998. The lowest BCUT2D eigenvalue weighted by Crippen LogP contribution is -2.03. The zero-order valence-electron chi connectivity index (χ0n) is 7.09. The fraction of sp³-hybridized carbons (Fsp3) is 0.400. The molecule has 0 aliphatic heterocycles. The highest BCUT2D eigenvalue weighted by Crippen LogP contribution is 2.13. The number of halogens is 1. The lowest BCUT2D eigenvalue weighted by molar-refractivity contribution is 0.151. The molecule has 1 aromatic rings. The van der Waals surface area contributed by atoms with Crippen molar-refractivity contribution in [1.82, 2.24) is 0 Å². The highest BCUT2D eigenvalue weighted by Gasteiger charge is 2.01. The van der Waals surface area contributed by atoms with Crippen molar-refractivity contribution in [3.05, 3.63) is 34.3 Å². The molecule has 0 fully saturated rings. The summed E-state index contributed by atoms with van der Waals surface area (Å²) in [5, 5.41) is 10.5. The molecule has 0 bridgehead atoms. The van der Waals surface area contributed by atoms with Gasteiger partial charge >= 0.3 is 0 Å². The van der Waals surface area contributed by atoms with Gasteiger partial charge in [0.25, 0.3) is 0 Å². The zero-order valence-corrected chi connectivity index (χ0v) is 8.67. The van der Waals surface area contributed by atoms with Crippen molar-refractivity contribution in [1.29, 1.82) is 0 Å². The molecule has 0 saturated heterocycles. The predicted molar refractivity (Wildman–Crippen MR) is 52.6 cm³/mol. The monoisotopic (exact) mass is 227 g/mol. The summed E-state index contributed by atoms with van der Waals surface area (Å²) < 4.78 is 1.08. The van der Waals surface area contributed by atoms with Crippen molar-refractivity contribution < 1.29 is 5.11 Å². The van der Waals surface area contributed by atoms with E-state index in [-0.39, 0.29) is 12.5 Å². The number of hydrogen-bond acceptors (Lipinski definition) is 0. The van der Waals surface area contributed by atoms with E-state index in [2.05, 4.69) is 28.1 Å². The Labute approximate surface area is 81.6 Å². The Bertz CT molecular complexity index is 230. The van der Waals surface area contributed by atoms with Gasteiger partial charge in [-0.1, -0.05) is 35.0 Å². The molecule has 1 aromatic carbocycles. The molecular weight excluding hydrogens is 216 g/mol. The van der Waals surface area contributed by atoms with Crippen LogP contribution in [0.15, 0.2) is 28.7 Å². The molecule has 1 rings (SSSR count). The molecule has 0 saturated carbocycles. The summed E-state index contributed by atoms with van der Waals surface area (Å²) in [7, 11) is 0. The van der Waals surface area contributed by atoms with Crippen molar-refractivity contribution in [2.45, 2.75) is 13.3 Å². The van der Waals surface area contributed by atoms with Gasteiger partial charge in [-0.25, -0.2) is 5.11 Å². The SMILES string of the molecule is CC(C[O])Cc1ccc(Br)cc1. The molecule has 1 radical (unpaired) electrons. The smallest absolute Gasteiger partial charge is 0.0851 e. The maximum atomic E-state index is 10.5. The standard InChI is InChI=1S/C10H12BrO/c1-8(7-12)6-9-2-4-10(11)5-3-9/h2-5,8H,6-7H2,1H3. The quantitative estimate of drug-likeness (QED) is 0.757. The molecule has 0 heterocycles. The summed E-state index contributed by atoms with van der Waals surface area (Å²) in [6.07, 6.45) is 0.886. The molecule has 12 heavy (non-hydrogen) atoms. The van der Waals surface area contributed by atoms with Crippen LogP contribution in [-0.2, 0) is 11.5 Å². The molecular formula is C10H12BrO. The van der Waals surface area contributed by atoms with Crippen LogP contribution in [0.3, 0.4) is 0 Å². The van der Waals surface area contributed by atoms with E-state index in [0.717, 1.165) is 10.9 Å². The van der Waals surface area contributed by atoms with Crippen molar-refractivity contribution in [3.8, 4) is 0 Å². The minimum atomic E-state index is 0.00998. The van der Waals surface area contributed by atoms with Gasteiger partial charge in [-0.05, 0) is 30.0 Å². The van der Waals surface area contributed by atoms with E-state index in [0.29, 0.717) is 0 Å². The fourth-order valence-corrected chi connectivity index (χ4v) is 1.35. The Morgan fingerprint density at radius 2 is 1.92 bits per heavy atom. The average Bonchev–Trinajstić information content (AvgIpc) is 2.09. The van der Waals surface area contributed by atoms with Crippen molar-refractivity contribution >= 4 is 15.9 Å². The molecule has 0 spiro atoms. The molecule has 0 N–H and O–H groups in total. The van der Waals surface area contributed by atoms with Crippen LogP contribution in [0.1, 0.15) is 12.5 Å². The normalized spacial score (nSPS) is 12.9. The fourth-order valence-electron chi connectivity index (χ4n) is 1.08. The molecule has 0 amide bonds. The van der Waals surface area contributed by atoms with Gasteiger partial charge in [-0.2, -0.15) is 0 Å². The topological polar surface area (TPSA) is 19.9 Å². The maximum absolute atomic E-state index is 10.5. The van der Waals surface area contributed by atoms with E-state index in [4.69, 9.17) is 0 Å². The first-order chi connectivity index (χ1) is 5.72. The third kappa shape index (κ3) is 2.95. The van der Waals surface area contributed by atoms with Gasteiger partial charge in [0.1, 0.15) is 0 Å². The molecule has 1 unspecified atom stereocenters. The second-order valence-corrected chi connectivity index (χ2v) is 4.02. The molecule has 0 aliphatic carbocycles. The number of rotatable bonds is 3. The number of benzene rings is 1. The minimum Gasteiger partial charge on any atom is -0.236 e. The van der Waals surface area contributed by atoms with Crippen LogP contribution in [0.5, 0.6) is 0 Å². The summed E-state index contributed by atoms with van der Waals surface area (Å²) >= 11 is 3.37. The molecule has 1 atom stereocenters. The first-order valence-electron chi connectivity index (χ1n) is 4.05. The highest BCUT2D eigenvalue weighted by molar-refractivity contribution is 9.10. The third-order valence-electron chi connectivity index (χ3n) is 1.78. The van der Waals surface area contributed by atoms with E-state index in [1.165, 1.54) is 5.56 Å². The largest absolute Gasteiger partial charge is 0.236 e. The summed E-state index contributed by atoms with van der Waals surface area (Å²) in [6, 6.07) is 8.12. The van der Waals surface area contributed by atoms with Crippen molar-refractivity contribution in [2.24, 2.45) is 5.92 Å². The van der Waals surface area contributed by atoms with Crippen LogP contribution in [-0.4, -0.2) is 6.61 Å². The van der Waals surface area contributed by atoms with E-state index < -0.39 is 0 Å². The van der Waals surface area contributed by atoms with Gasteiger partial charge in [0.15, 0.2) is 0 Å². The van der Waals surface area contributed by atoms with Crippen molar-refractivity contribution in [3.63, 3.8) is 0 Å². The van der Waals surface area contributed by atoms with Crippen LogP contribution in [0, 0.1) is 5.92 Å². The van der Waals surface area contributed by atoms with Gasteiger partial charge < -0.3 is 0 Å². The van der Waals surface area contributed by atoms with Gasteiger partial charge in [0.2, 0.25) is 0 Å². The van der Waals surface area contributed by atoms with Crippen LogP contribution in [0.4, 0.5) is 0 Å². The van der Waals surface area contributed by atoms with Crippen LogP contribution in [0.25, 0.3) is 0 Å². The Hall–Kier alpha value is -0.340. The predicted octanol–water partition coefficient (Wildman–Crippen LogP) is 3.06. The van der Waals surface area contributed by atoms with Crippen LogP contribution < -0.4 is 0 Å². The maximum Gasteiger partial charge on any atom is 0.0851 e. The first-order valence-corrected chi connectivity index (χ1v) is 4.84. The van der Waals surface area contributed by atoms with E-state index in [1.54, 1.807) is 0 Å². The zero-order chi connectivity index (χ0) is 8.97. The molecule has 65 valence electrons. The Morgan fingerprint density at radius 1 is 1.33 bits per heavy atom. The summed E-state index contributed by atoms with van der Waals surface area (Å²) in [6.45, 7) is 1.99. The van der Waals surface area contributed by atoms with E-state index in [1.807, 2.05) is 19.1 Å². The van der Waals surface area contributed by atoms with Gasteiger partial charge in [0, 0.05) is 4.47 Å². The second kappa shape index (κ2) is 4.63. The molecule has 1 nitrogen and oxygen atoms in total. The second-order valence-electron chi connectivity index (χ2n) is 3.10. The van der Waals surface area contributed by atoms with Crippen LogP contribution >= 0.6 is 15.9 Å². The third-order valence-corrected chi connectivity index (χ3v) is 2.31.